The van der Waals surface area contributed by atoms with Crippen LogP contribution in [-0.4, -0.2) is 26.1 Å². The molecule has 3 aromatic rings. The lowest BCUT2D eigenvalue weighted by Crippen LogP contribution is -2.14. The third-order valence-electron chi connectivity index (χ3n) is 2.77. The molecule has 0 aliphatic heterocycles. The van der Waals surface area contributed by atoms with E-state index in [2.05, 4.69) is 9.97 Å². The molecule has 6 heteroatoms. The number of nitrogens with zero attached hydrogens (tertiary/aromatic N) is 2. The van der Waals surface area contributed by atoms with E-state index >= 15 is 0 Å². The maximum Gasteiger partial charge on any atom is 0.212 e. The third kappa shape index (κ3) is 1.49. The van der Waals surface area contributed by atoms with Crippen LogP contribution in [0.1, 0.15) is 11.7 Å². The fourth-order valence-electron chi connectivity index (χ4n) is 1.87. The van der Waals surface area contributed by atoms with Gasteiger partial charge in [-0.1, -0.05) is 0 Å². The molecule has 0 amide bonds. The molecule has 1 unspecified atom stereocenters. The molecule has 0 saturated carbocycles. The Balaban J connectivity index is 2.26. The number of benzene rings is 1. The van der Waals surface area contributed by atoms with Gasteiger partial charge in [0.1, 0.15) is 5.82 Å². The Labute approximate surface area is 95.7 Å². The van der Waals surface area contributed by atoms with Crippen molar-refractivity contribution in [3.8, 4) is 0 Å². The highest BCUT2D eigenvalue weighted by atomic mass is 19.1. The van der Waals surface area contributed by atoms with Gasteiger partial charge in [0, 0.05) is 12.3 Å². The molecule has 4 N–H and O–H groups in total. The fraction of sp³-hybridized carbons (Fsp3) is 0.182. The minimum atomic E-state index is -0.486. The Morgan fingerprint density at radius 1 is 1.53 bits per heavy atom. The van der Waals surface area contributed by atoms with Gasteiger partial charge in [0.15, 0.2) is 0 Å². The summed E-state index contributed by atoms with van der Waals surface area (Å²) >= 11 is 0. The first kappa shape index (κ1) is 10.2. The smallest absolute Gasteiger partial charge is 0.212 e. The lowest BCUT2D eigenvalue weighted by Gasteiger charge is -2.02. The molecular formula is C11H11FN4O. The second kappa shape index (κ2) is 3.54. The number of nitrogens with two attached hydrogens (primary N) is 1. The van der Waals surface area contributed by atoms with Crippen LogP contribution in [0.5, 0.6) is 0 Å². The minimum Gasteiger partial charge on any atom is -0.394 e. The zero-order chi connectivity index (χ0) is 12.0. The first-order valence-electron chi connectivity index (χ1n) is 5.21. The normalized spacial score (nSPS) is 13.6. The van der Waals surface area contributed by atoms with Gasteiger partial charge in [0.2, 0.25) is 5.78 Å². The third-order valence-corrected chi connectivity index (χ3v) is 2.77. The van der Waals surface area contributed by atoms with E-state index in [1.54, 1.807) is 16.7 Å². The van der Waals surface area contributed by atoms with Crippen LogP contribution in [-0.2, 0) is 0 Å². The molecule has 1 aromatic carbocycles. The lowest BCUT2D eigenvalue weighted by molar-refractivity contribution is 0.266. The first-order valence-corrected chi connectivity index (χ1v) is 5.21. The molecule has 0 bridgehead atoms. The fourth-order valence-corrected chi connectivity index (χ4v) is 1.87. The molecule has 0 aliphatic rings. The molecular weight excluding hydrogens is 223 g/mol. The van der Waals surface area contributed by atoms with Crippen LogP contribution < -0.4 is 5.73 Å². The van der Waals surface area contributed by atoms with Crippen LogP contribution in [0.25, 0.3) is 16.8 Å². The summed E-state index contributed by atoms with van der Waals surface area (Å²) in [7, 11) is 0. The van der Waals surface area contributed by atoms with Crippen molar-refractivity contribution >= 4 is 16.8 Å². The monoisotopic (exact) mass is 234 g/mol. The highest BCUT2D eigenvalue weighted by Gasteiger charge is 2.12. The van der Waals surface area contributed by atoms with E-state index < -0.39 is 6.04 Å². The zero-order valence-electron chi connectivity index (χ0n) is 8.89. The first-order chi connectivity index (χ1) is 8.19. The standard InChI is InChI=1S/C11H11FN4O/c12-6-1-2-8-10(3-6)16-4-9(7(13)5-17)15-11(16)14-8/h1-4,7,17H,5,13H2,(H,14,15). The molecule has 2 heterocycles. The number of aliphatic hydroxyl groups excluding tert-OH is 1. The average Bonchev–Trinajstić information content (AvgIpc) is 2.86. The van der Waals surface area contributed by atoms with E-state index in [1.165, 1.54) is 12.1 Å². The largest absolute Gasteiger partial charge is 0.394 e. The minimum absolute atomic E-state index is 0.157. The SMILES string of the molecule is NC(CO)c1cn2c(nc3ccc(F)cc32)[nH]1. The van der Waals surface area contributed by atoms with Crippen molar-refractivity contribution < 1.29 is 9.50 Å². The number of hydrogen-bond donors (Lipinski definition) is 3. The maximum atomic E-state index is 13.2. The van der Waals surface area contributed by atoms with Gasteiger partial charge in [-0.25, -0.2) is 9.37 Å². The molecule has 0 aliphatic carbocycles. The van der Waals surface area contributed by atoms with E-state index in [1.807, 2.05) is 0 Å². The van der Waals surface area contributed by atoms with Gasteiger partial charge in [-0.15, -0.1) is 0 Å². The Morgan fingerprint density at radius 2 is 2.35 bits per heavy atom. The number of hydrogen-bond acceptors (Lipinski definition) is 3. The van der Waals surface area contributed by atoms with Crippen molar-refractivity contribution in [3.05, 3.63) is 35.9 Å². The molecule has 0 fully saturated rings. The summed E-state index contributed by atoms with van der Waals surface area (Å²) in [6.45, 7) is -0.157. The number of nitrogens with one attached hydrogen (secondary N) is 1. The Bertz CT molecular complexity index is 687. The summed E-state index contributed by atoms with van der Waals surface area (Å²) in [6, 6.07) is 3.92. The Morgan fingerprint density at radius 3 is 3.12 bits per heavy atom. The summed E-state index contributed by atoms with van der Waals surface area (Å²) in [6.07, 6.45) is 1.73. The Hall–Kier alpha value is -1.92. The second-order valence-electron chi connectivity index (χ2n) is 3.94. The lowest BCUT2D eigenvalue weighted by atomic mass is 10.2. The highest BCUT2D eigenvalue weighted by Crippen LogP contribution is 2.19. The summed E-state index contributed by atoms with van der Waals surface area (Å²) in [4.78, 5) is 7.30. The van der Waals surface area contributed by atoms with Crippen LogP contribution in [0.2, 0.25) is 0 Å². The van der Waals surface area contributed by atoms with E-state index in [0.29, 0.717) is 22.5 Å². The van der Waals surface area contributed by atoms with Gasteiger partial charge >= 0.3 is 0 Å². The number of fused-ring (bicyclic) bond motifs is 3. The molecule has 1 atom stereocenters. The van der Waals surface area contributed by atoms with Gasteiger partial charge in [0.25, 0.3) is 0 Å². The number of aliphatic hydroxyl groups is 1. The molecule has 0 spiro atoms. The van der Waals surface area contributed by atoms with Crippen molar-refractivity contribution in [2.75, 3.05) is 6.61 Å². The number of halogens is 1. The molecule has 0 saturated heterocycles. The van der Waals surface area contributed by atoms with Gasteiger partial charge in [-0.05, 0) is 12.1 Å². The van der Waals surface area contributed by atoms with Gasteiger partial charge in [-0.3, -0.25) is 4.40 Å². The zero-order valence-corrected chi connectivity index (χ0v) is 8.89. The molecule has 3 rings (SSSR count). The summed E-state index contributed by atoms with van der Waals surface area (Å²) in [5, 5.41) is 8.97. The number of H-pyrrole nitrogens is 1. The summed E-state index contributed by atoms with van der Waals surface area (Å²) < 4.78 is 14.9. The van der Waals surface area contributed by atoms with Crippen LogP contribution >= 0.6 is 0 Å². The number of rotatable bonds is 2. The number of aromatic amines is 1. The van der Waals surface area contributed by atoms with E-state index in [-0.39, 0.29) is 12.4 Å². The van der Waals surface area contributed by atoms with Gasteiger partial charge in [0.05, 0.1) is 29.4 Å². The number of imidazole rings is 2. The maximum absolute atomic E-state index is 13.2. The predicted molar refractivity (Wildman–Crippen MR) is 61.0 cm³/mol. The quantitative estimate of drug-likeness (QED) is 0.617. The molecule has 17 heavy (non-hydrogen) atoms. The summed E-state index contributed by atoms with van der Waals surface area (Å²) in [5.74, 6) is 0.276. The van der Waals surface area contributed by atoms with Crippen molar-refractivity contribution in [1.82, 2.24) is 14.4 Å². The van der Waals surface area contributed by atoms with Gasteiger partial charge in [-0.2, -0.15) is 0 Å². The van der Waals surface area contributed by atoms with E-state index in [4.69, 9.17) is 10.8 Å². The second-order valence-corrected chi connectivity index (χ2v) is 3.94. The topological polar surface area (TPSA) is 79.3 Å². The van der Waals surface area contributed by atoms with Crippen molar-refractivity contribution in [2.24, 2.45) is 5.73 Å². The van der Waals surface area contributed by atoms with Crippen LogP contribution in [0, 0.1) is 5.82 Å². The summed E-state index contributed by atoms with van der Waals surface area (Å²) in [5.41, 5.74) is 7.75. The van der Waals surface area contributed by atoms with Gasteiger partial charge < -0.3 is 15.8 Å². The van der Waals surface area contributed by atoms with E-state index in [0.717, 1.165) is 0 Å². The van der Waals surface area contributed by atoms with Crippen molar-refractivity contribution in [3.63, 3.8) is 0 Å². The Kier molecular flexibility index (Phi) is 2.13. The molecule has 88 valence electrons. The number of aromatic nitrogens is 3. The predicted octanol–water partition coefficient (Wildman–Crippen LogP) is 0.947. The molecule has 2 aromatic heterocycles. The van der Waals surface area contributed by atoms with Crippen molar-refractivity contribution in [1.29, 1.82) is 0 Å². The van der Waals surface area contributed by atoms with E-state index in [9.17, 15) is 4.39 Å². The van der Waals surface area contributed by atoms with Crippen LogP contribution in [0.15, 0.2) is 24.4 Å². The van der Waals surface area contributed by atoms with Crippen molar-refractivity contribution in [2.45, 2.75) is 6.04 Å². The molecule has 5 nitrogen and oxygen atoms in total. The average molecular weight is 234 g/mol. The molecule has 0 radical (unpaired) electrons. The van der Waals surface area contributed by atoms with Crippen LogP contribution in [0.4, 0.5) is 4.39 Å². The highest BCUT2D eigenvalue weighted by molar-refractivity contribution is 5.79. The van der Waals surface area contributed by atoms with Crippen LogP contribution in [0.3, 0.4) is 0 Å².